The summed E-state index contributed by atoms with van der Waals surface area (Å²) in [6, 6.07) is 0. The van der Waals surface area contributed by atoms with Crippen molar-refractivity contribution in [2.24, 2.45) is 0 Å². The van der Waals surface area contributed by atoms with Crippen molar-refractivity contribution in [3.8, 4) is 0 Å². The van der Waals surface area contributed by atoms with Crippen molar-refractivity contribution >= 4 is 32.2 Å². The monoisotopic (exact) mass is 148 g/mol. The lowest BCUT2D eigenvalue weighted by molar-refractivity contribution is -0.110. The Morgan fingerprint density at radius 2 is 2.38 bits per heavy atom. The lowest BCUT2D eigenvalue weighted by Gasteiger charge is -1.86. The summed E-state index contributed by atoms with van der Waals surface area (Å²) in [4.78, 5) is 10.2. The third-order valence-corrected chi connectivity index (χ3v) is 1.56. The van der Waals surface area contributed by atoms with Gasteiger partial charge in [-0.1, -0.05) is 6.30 Å². The number of carbonyl (C=O) groups excluding carboxylic acids is 1. The summed E-state index contributed by atoms with van der Waals surface area (Å²) in [6.45, 7) is 0. The molecular weight excluding hydrogens is 139 g/mol. The van der Waals surface area contributed by atoms with Gasteiger partial charge in [0.2, 0.25) is 0 Å². The van der Waals surface area contributed by atoms with Crippen molar-refractivity contribution in [2.45, 2.75) is 12.8 Å². The van der Waals surface area contributed by atoms with E-state index < -0.39 is 0 Å². The van der Waals surface area contributed by atoms with Crippen LogP contribution in [0, 0.1) is 0 Å². The maximum Gasteiger partial charge on any atom is 0.185 e. The van der Waals surface area contributed by atoms with Crippen LogP contribution in [0.3, 0.4) is 0 Å². The molecule has 8 heavy (non-hydrogen) atoms. The second kappa shape index (κ2) is 5.33. The highest BCUT2D eigenvalue weighted by Gasteiger charge is 1.89. The topological polar surface area (TPSA) is 17.1 Å². The van der Waals surface area contributed by atoms with Crippen LogP contribution in [0.1, 0.15) is 12.8 Å². The molecule has 1 nitrogen and oxygen atoms in total. The molecule has 0 saturated carbocycles. The average Bonchev–Trinajstić information content (AvgIpc) is 1.66. The van der Waals surface area contributed by atoms with Crippen molar-refractivity contribution < 1.29 is 4.79 Å². The lowest BCUT2D eigenvalue weighted by Crippen LogP contribution is -1.85. The van der Waals surface area contributed by atoms with Gasteiger partial charge in [-0.3, -0.25) is 4.79 Å². The van der Waals surface area contributed by atoms with Crippen LogP contribution in [0.2, 0.25) is 0 Å². The first-order valence-electron chi connectivity index (χ1n) is 2.41. The Morgan fingerprint density at radius 3 is 2.75 bits per heavy atom. The average molecular weight is 148 g/mol. The summed E-state index contributed by atoms with van der Waals surface area (Å²) < 4.78 is 0. The van der Waals surface area contributed by atoms with Gasteiger partial charge in [0.1, 0.15) is 0 Å². The Morgan fingerprint density at radius 1 is 1.75 bits per heavy atom. The zero-order valence-corrected chi connectivity index (χ0v) is 6.42. The zero-order valence-electron chi connectivity index (χ0n) is 4.63. The van der Waals surface area contributed by atoms with E-state index in [1.54, 1.807) is 0 Å². The van der Waals surface area contributed by atoms with Crippen molar-refractivity contribution in [3.05, 3.63) is 0 Å². The molecule has 0 aromatic carbocycles. The minimum Gasteiger partial charge on any atom is -0.288 e. The van der Waals surface area contributed by atoms with Gasteiger partial charge in [0.25, 0.3) is 0 Å². The Balaban J connectivity index is 2.93. The Kier molecular flexibility index (Phi) is 5.46. The fourth-order valence-corrected chi connectivity index (χ4v) is 0.882. The van der Waals surface area contributed by atoms with Gasteiger partial charge in [-0.05, 0) is 12.6 Å². The Bertz CT molecular complexity index is 92.4. The quantitative estimate of drug-likeness (QED) is 0.364. The van der Waals surface area contributed by atoms with E-state index in [4.69, 9.17) is 0 Å². The van der Waals surface area contributed by atoms with Gasteiger partial charge in [-0.25, -0.2) is 0 Å². The van der Waals surface area contributed by atoms with Gasteiger partial charge in [0.15, 0.2) is 5.12 Å². The van der Waals surface area contributed by atoms with Gasteiger partial charge in [0.05, 0.1) is 0 Å². The van der Waals surface area contributed by atoms with E-state index in [0.29, 0.717) is 6.42 Å². The third kappa shape index (κ3) is 6.19. The number of thiol groups is 1. The first-order valence-corrected chi connectivity index (χ1v) is 4.13. The highest BCUT2D eigenvalue weighted by Crippen LogP contribution is 1.99. The van der Waals surface area contributed by atoms with Gasteiger partial charge in [-0.15, -0.1) is 20.8 Å². The van der Waals surface area contributed by atoms with Gasteiger partial charge in [-0.2, -0.15) is 0 Å². The van der Waals surface area contributed by atoms with Crippen molar-refractivity contribution in [2.75, 3.05) is 6.16 Å². The summed E-state index contributed by atoms with van der Waals surface area (Å²) in [5.41, 5.74) is 0. The summed E-state index contributed by atoms with van der Waals surface area (Å²) in [7, 11) is 1.11. The smallest absolute Gasteiger partial charge is 0.185 e. The summed E-state index contributed by atoms with van der Waals surface area (Å²) in [6.07, 6.45) is 6.14. The molecular formula is C5H9OPS. The van der Waals surface area contributed by atoms with E-state index in [0.717, 1.165) is 20.8 Å². The molecule has 0 saturated heterocycles. The normalized spacial score (nSPS) is 9.62. The van der Waals surface area contributed by atoms with Crippen LogP contribution in [-0.2, 0) is 4.79 Å². The molecule has 0 aromatic rings. The molecule has 0 rings (SSSR count). The van der Waals surface area contributed by atoms with Crippen LogP contribution in [0.5, 0.6) is 0 Å². The van der Waals surface area contributed by atoms with Gasteiger partial charge >= 0.3 is 0 Å². The zero-order chi connectivity index (χ0) is 6.41. The molecule has 3 heteroatoms. The molecule has 0 bridgehead atoms. The summed E-state index contributed by atoms with van der Waals surface area (Å²) in [5.74, 6) is 0. The number of carbonyl (C=O) groups is 1. The van der Waals surface area contributed by atoms with E-state index in [-0.39, 0.29) is 5.12 Å². The molecule has 0 spiro atoms. The van der Waals surface area contributed by atoms with Crippen LogP contribution in [0.25, 0.3) is 0 Å². The predicted molar refractivity (Wildman–Crippen MR) is 42.1 cm³/mol. The van der Waals surface area contributed by atoms with Gasteiger partial charge < -0.3 is 0 Å². The molecule has 0 heterocycles. The fraction of sp³-hybridized carbons (Fsp3) is 0.600. The molecule has 0 aliphatic heterocycles. The van der Waals surface area contributed by atoms with E-state index in [9.17, 15) is 4.79 Å². The molecule has 0 aliphatic rings. The maximum atomic E-state index is 10.2. The molecule has 0 amide bonds. The first kappa shape index (κ1) is 8.19. The van der Waals surface area contributed by atoms with Crippen molar-refractivity contribution in [1.29, 1.82) is 0 Å². The molecule has 0 fully saturated rings. The fourth-order valence-electron chi connectivity index (χ4n) is 0.342. The maximum absolute atomic E-state index is 10.2. The summed E-state index contributed by atoms with van der Waals surface area (Å²) >= 11 is 3.61. The van der Waals surface area contributed by atoms with E-state index in [1.165, 1.54) is 0 Å². The first-order chi connectivity index (χ1) is 3.77. The standard InChI is InChI=1S/C5H9OPS/c1-7-4-2-3-5(6)8/h1-4H2,(H,6,8). The number of rotatable bonds is 4. The number of hydrogen-bond acceptors (Lipinski definition) is 1. The second-order valence-electron chi connectivity index (χ2n) is 1.44. The minimum absolute atomic E-state index is 0.0198. The predicted octanol–water partition coefficient (Wildman–Crippen LogP) is 1.60. The van der Waals surface area contributed by atoms with E-state index >= 15 is 0 Å². The molecule has 0 atom stereocenters. The van der Waals surface area contributed by atoms with Crippen LogP contribution in [0.4, 0.5) is 0 Å². The summed E-state index contributed by atoms with van der Waals surface area (Å²) in [5, 5.41) is -0.0198. The molecule has 0 aliphatic carbocycles. The van der Waals surface area contributed by atoms with Crippen LogP contribution in [0.15, 0.2) is 0 Å². The Hall–Kier alpha value is 0.190. The third-order valence-electron chi connectivity index (χ3n) is 0.707. The largest absolute Gasteiger partial charge is 0.288 e. The van der Waals surface area contributed by atoms with Crippen molar-refractivity contribution in [3.63, 3.8) is 0 Å². The second-order valence-corrected chi connectivity index (χ2v) is 2.84. The molecule has 46 valence electrons. The van der Waals surface area contributed by atoms with E-state index in [1.807, 2.05) is 0 Å². The molecule has 0 N–H and O–H groups in total. The van der Waals surface area contributed by atoms with Gasteiger partial charge in [0, 0.05) is 6.42 Å². The Labute approximate surface area is 56.7 Å². The molecule has 0 radical (unpaired) electrons. The van der Waals surface area contributed by atoms with E-state index in [2.05, 4.69) is 18.9 Å². The van der Waals surface area contributed by atoms with Crippen molar-refractivity contribution in [1.82, 2.24) is 0 Å². The molecule has 0 unspecified atom stereocenters. The SMILES string of the molecule is C=PCCCC(=O)S. The molecule has 0 aromatic heterocycles. The highest BCUT2D eigenvalue weighted by molar-refractivity contribution is 7.96. The van der Waals surface area contributed by atoms with Crippen LogP contribution >= 0.6 is 20.8 Å². The minimum atomic E-state index is -0.0198. The van der Waals surface area contributed by atoms with Crippen LogP contribution in [-0.4, -0.2) is 17.6 Å². The number of hydrogen-bond donors (Lipinski definition) is 1. The lowest BCUT2D eigenvalue weighted by atomic mass is 10.4. The highest BCUT2D eigenvalue weighted by atomic mass is 32.1. The van der Waals surface area contributed by atoms with Crippen LogP contribution < -0.4 is 0 Å².